The maximum absolute atomic E-state index is 10.9. The van der Waals surface area contributed by atoms with Crippen LogP contribution in [-0.2, 0) is 4.79 Å². The van der Waals surface area contributed by atoms with Crippen molar-refractivity contribution in [1.82, 2.24) is 0 Å². The minimum atomic E-state index is 0.111. The summed E-state index contributed by atoms with van der Waals surface area (Å²) in [5.74, 6) is 0.347. The maximum atomic E-state index is 10.9. The summed E-state index contributed by atoms with van der Waals surface area (Å²) in [7, 11) is 0. The summed E-state index contributed by atoms with van der Waals surface area (Å²) in [6, 6.07) is 0. The van der Waals surface area contributed by atoms with Gasteiger partial charge in [0.15, 0.2) is 5.78 Å². The van der Waals surface area contributed by atoms with Crippen molar-refractivity contribution in [3.8, 4) is 0 Å². The molecule has 0 aromatic heterocycles. The predicted molar refractivity (Wildman–Crippen MR) is 41.7 cm³/mol. The van der Waals surface area contributed by atoms with Crippen molar-refractivity contribution in [2.75, 3.05) is 0 Å². The molecule has 1 aliphatic rings. The van der Waals surface area contributed by atoms with Gasteiger partial charge in [0.2, 0.25) is 0 Å². The predicted octanol–water partition coefficient (Wildman–Crippen LogP) is 2.10. The fraction of sp³-hybridized carbons (Fsp3) is 0.444. The summed E-state index contributed by atoms with van der Waals surface area (Å²) in [4.78, 5) is 10.9. The molecule has 1 rings (SSSR count). The molecule has 0 amide bonds. The van der Waals surface area contributed by atoms with E-state index in [2.05, 4.69) is 13.0 Å². The Morgan fingerprint density at radius 1 is 1.60 bits per heavy atom. The molecule has 1 unspecified atom stereocenters. The Morgan fingerprint density at radius 3 is 2.70 bits per heavy atom. The van der Waals surface area contributed by atoms with Gasteiger partial charge in [-0.15, -0.1) is 0 Å². The van der Waals surface area contributed by atoms with E-state index in [4.69, 9.17) is 0 Å². The standard InChI is InChI=1S/C9H12O/c1-3-4-8-5-6-9(10)7(8)2/h4-7H,3H2,1-2H3. The van der Waals surface area contributed by atoms with Crippen molar-refractivity contribution in [1.29, 1.82) is 0 Å². The molecule has 0 heterocycles. The van der Waals surface area contributed by atoms with Gasteiger partial charge in [0.1, 0.15) is 0 Å². The van der Waals surface area contributed by atoms with Crippen LogP contribution in [0.25, 0.3) is 0 Å². The van der Waals surface area contributed by atoms with Crippen molar-refractivity contribution in [3.63, 3.8) is 0 Å². The third-order valence-corrected chi connectivity index (χ3v) is 1.81. The zero-order valence-corrected chi connectivity index (χ0v) is 6.42. The average Bonchev–Trinajstić information content (AvgIpc) is 2.20. The first-order valence-corrected chi connectivity index (χ1v) is 3.67. The normalized spacial score (nSPS) is 28.4. The molecule has 10 heavy (non-hydrogen) atoms. The van der Waals surface area contributed by atoms with Crippen LogP contribution in [-0.4, -0.2) is 5.78 Å². The summed E-state index contributed by atoms with van der Waals surface area (Å²) in [5.41, 5.74) is 1.17. The number of carbonyl (C=O) groups is 1. The Bertz CT molecular complexity index is 199. The lowest BCUT2D eigenvalue weighted by Gasteiger charge is -2.00. The monoisotopic (exact) mass is 136 g/mol. The second kappa shape index (κ2) is 2.82. The molecule has 0 N–H and O–H groups in total. The molecule has 0 fully saturated rings. The van der Waals surface area contributed by atoms with Crippen molar-refractivity contribution < 1.29 is 4.79 Å². The highest BCUT2D eigenvalue weighted by atomic mass is 16.1. The topological polar surface area (TPSA) is 17.1 Å². The van der Waals surface area contributed by atoms with E-state index < -0.39 is 0 Å². The maximum Gasteiger partial charge on any atom is 0.162 e. The van der Waals surface area contributed by atoms with Gasteiger partial charge in [-0.2, -0.15) is 0 Å². The van der Waals surface area contributed by atoms with Crippen LogP contribution in [0.15, 0.2) is 23.8 Å². The first-order valence-electron chi connectivity index (χ1n) is 3.67. The molecule has 0 saturated heterocycles. The molecule has 1 heteroatoms. The highest BCUT2D eigenvalue weighted by molar-refractivity contribution is 5.97. The quantitative estimate of drug-likeness (QED) is 0.539. The number of ketones is 1. The molecule has 54 valence electrons. The summed E-state index contributed by atoms with van der Waals surface area (Å²) >= 11 is 0. The molecule has 0 radical (unpaired) electrons. The van der Waals surface area contributed by atoms with Crippen LogP contribution in [0, 0.1) is 5.92 Å². The molecule has 1 atom stereocenters. The van der Waals surface area contributed by atoms with Gasteiger partial charge >= 0.3 is 0 Å². The Balaban J connectivity index is 2.75. The van der Waals surface area contributed by atoms with Crippen molar-refractivity contribution in [2.24, 2.45) is 5.92 Å². The first-order chi connectivity index (χ1) is 4.75. The highest BCUT2D eigenvalue weighted by Gasteiger charge is 2.18. The molecule has 1 aliphatic carbocycles. The third kappa shape index (κ3) is 1.18. The highest BCUT2D eigenvalue weighted by Crippen LogP contribution is 2.20. The van der Waals surface area contributed by atoms with E-state index in [1.165, 1.54) is 5.57 Å². The van der Waals surface area contributed by atoms with Gasteiger partial charge in [-0.05, 0) is 18.1 Å². The average molecular weight is 136 g/mol. The first kappa shape index (κ1) is 7.26. The zero-order chi connectivity index (χ0) is 7.56. The second-order valence-electron chi connectivity index (χ2n) is 2.57. The van der Waals surface area contributed by atoms with Crippen molar-refractivity contribution in [3.05, 3.63) is 23.8 Å². The fourth-order valence-electron chi connectivity index (χ4n) is 1.11. The Morgan fingerprint density at radius 2 is 2.30 bits per heavy atom. The van der Waals surface area contributed by atoms with Crippen LogP contribution in [0.1, 0.15) is 20.3 Å². The van der Waals surface area contributed by atoms with Crippen LogP contribution in [0.3, 0.4) is 0 Å². The second-order valence-corrected chi connectivity index (χ2v) is 2.57. The molecule has 0 saturated carbocycles. The van der Waals surface area contributed by atoms with Crippen molar-refractivity contribution in [2.45, 2.75) is 20.3 Å². The van der Waals surface area contributed by atoms with E-state index in [1.54, 1.807) is 6.08 Å². The van der Waals surface area contributed by atoms with Crippen LogP contribution in [0.4, 0.5) is 0 Å². The smallest absolute Gasteiger partial charge is 0.162 e. The number of hydrogen-bond acceptors (Lipinski definition) is 1. The van der Waals surface area contributed by atoms with Crippen LogP contribution >= 0.6 is 0 Å². The SMILES string of the molecule is CCC=C1C=CC(=O)C1C. The summed E-state index contributed by atoms with van der Waals surface area (Å²) < 4.78 is 0. The summed E-state index contributed by atoms with van der Waals surface area (Å²) in [5, 5.41) is 0. The molecular weight excluding hydrogens is 124 g/mol. The molecular formula is C9H12O. The van der Waals surface area contributed by atoms with E-state index in [-0.39, 0.29) is 11.7 Å². The minimum Gasteiger partial charge on any atom is -0.294 e. The van der Waals surface area contributed by atoms with Gasteiger partial charge in [0.25, 0.3) is 0 Å². The van der Waals surface area contributed by atoms with Crippen LogP contribution in [0.5, 0.6) is 0 Å². The van der Waals surface area contributed by atoms with E-state index in [9.17, 15) is 4.79 Å². The van der Waals surface area contributed by atoms with Gasteiger partial charge < -0.3 is 0 Å². The number of allylic oxidation sites excluding steroid dienone is 4. The summed E-state index contributed by atoms with van der Waals surface area (Å²) in [6.07, 6.45) is 6.69. The molecule has 0 aromatic carbocycles. The molecule has 0 aliphatic heterocycles. The number of rotatable bonds is 1. The Labute approximate surface area is 61.4 Å². The number of carbonyl (C=O) groups excluding carboxylic acids is 1. The molecule has 0 spiro atoms. The van der Waals surface area contributed by atoms with E-state index in [1.807, 2.05) is 13.0 Å². The third-order valence-electron chi connectivity index (χ3n) is 1.81. The minimum absolute atomic E-state index is 0.111. The number of hydrogen-bond donors (Lipinski definition) is 0. The van der Waals surface area contributed by atoms with E-state index >= 15 is 0 Å². The molecule has 1 nitrogen and oxygen atoms in total. The lowest BCUT2D eigenvalue weighted by atomic mass is 10.0. The Hall–Kier alpha value is -0.850. The van der Waals surface area contributed by atoms with Gasteiger partial charge in [0, 0.05) is 5.92 Å². The molecule has 0 bridgehead atoms. The van der Waals surface area contributed by atoms with Gasteiger partial charge in [-0.3, -0.25) is 4.79 Å². The van der Waals surface area contributed by atoms with Crippen LogP contribution < -0.4 is 0 Å². The van der Waals surface area contributed by atoms with Crippen LogP contribution in [0.2, 0.25) is 0 Å². The lowest BCUT2D eigenvalue weighted by molar-refractivity contribution is -0.116. The molecule has 0 aromatic rings. The van der Waals surface area contributed by atoms with E-state index in [0.717, 1.165) is 6.42 Å². The van der Waals surface area contributed by atoms with Gasteiger partial charge in [-0.25, -0.2) is 0 Å². The van der Waals surface area contributed by atoms with Crippen molar-refractivity contribution >= 4 is 5.78 Å². The fourth-order valence-corrected chi connectivity index (χ4v) is 1.11. The lowest BCUT2D eigenvalue weighted by Crippen LogP contribution is -2.02. The largest absolute Gasteiger partial charge is 0.294 e. The Kier molecular flexibility index (Phi) is 2.05. The van der Waals surface area contributed by atoms with E-state index in [0.29, 0.717) is 0 Å². The van der Waals surface area contributed by atoms with Gasteiger partial charge in [0.05, 0.1) is 0 Å². The zero-order valence-electron chi connectivity index (χ0n) is 6.42. The summed E-state index contributed by atoms with van der Waals surface area (Å²) in [6.45, 7) is 4.03. The van der Waals surface area contributed by atoms with Gasteiger partial charge in [-0.1, -0.05) is 26.0 Å².